The Bertz CT molecular complexity index is 1440. The molecule has 0 aromatic heterocycles. The number of carbonyl (C=O) groups excluding carboxylic acids is 1. The molecule has 0 heterocycles. The molecule has 0 fully saturated rings. The summed E-state index contributed by atoms with van der Waals surface area (Å²) < 4.78 is 106. The second-order valence-electron chi connectivity index (χ2n) is 7.90. The standard InChI is InChI=1S/C26H17F7O3/c1-35-14-36-22-20(23(34)24(27,28)25(29,30)26(31,32)33)13-16-8-3-5-11-18(16)21(22)19-12-6-9-15-7-2-4-10-17(15)19/h2-13H,14H2,1H3. The number of methoxy groups -OCH3 is 1. The SMILES string of the molecule is COCOc1c(C(=O)C(F)(F)C(F)(F)C(F)(F)F)cc2ccccc2c1-c1cccc2ccccc12. The van der Waals surface area contributed by atoms with Crippen LogP contribution in [0.5, 0.6) is 5.75 Å². The molecule has 0 radical (unpaired) electrons. The first kappa shape index (κ1) is 25.4. The van der Waals surface area contributed by atoms with Crippen molar-refractivity contribution < 1.29 is 45.0 Å². The van der Waals surface area contributed by atoms with E-state index in [0.717, 1.165) is 11.5 Å². The number of ketones is 1. The summed E-state index contributed by atoms with van der Waals surface area (Å²) in [6, 6.07) is 18.9. The van der Waals surface area contributed by atoms with Crippen molar-refractivity contribution in [1.82, 2.24) is 0 Å². The highest BCUT2D eigenvalue weighted by molar-refractivity contribution is 6.14. The van der Waals surface area contributed by atoms with Gasteiger partial charge in [-0.1, -0.05) is 66.7 Å². The van der Waals surface area contributed by atoms with Crippen molar-refractivity contribution in [2.24, 2.45) is 0 Å². The number of Topliss-reactive ketones (excluding diaryl/α,β-unsaturated/α-hetero) is 1. The lowest BCUT2D eigenvalue weighted by Crippen LogP contribution is -2.56. The average Bonchev–Trinajstić information content (AvgIpc) is 2.85. The van der Waals surface area contributed by atoms with Crippen LogP contribution in [-0.2, 0) is 4.74 Å². The minimum Gasteiger partial charge on any atom is -0.466 e. The van der Waals surface area contributed by atoms with Crippen LogP contribution in [-0.4, -0.2) is 37.7 Å². The molecule has 0 saturated carbocycles. The van der Waals surface area contributed by atoms with E-state index in [0.29, 0.717) is 16.3 Å². The molecule has 4 aromatic carbocycles. The van der Waals surface area contributed by atoms with Gasteiger partial charge in [0.05, 0.1) is 5.56 Å². The van der Waals surface area contributed by atoms with Crippen LogP contribution >= 0.6 is 0 Å². The largest absolute Gasteiger partial charge is 0.466 e. The zero-order chi connectivity index (χ0) is 26.3. The van der Waals surface area contributed by atoms with Crippen molar-refractivity contribution in [2.45, 2.75) is 18.0 Å². The Morgan fingerprint density at radius 3 is 2.00 bits per heavy atom. The van der Waals surface area contributed by atoms with Gasteiger partial charge < -0.3 is 9.47 Å². The van der Waals surface area contributed by atoms with E-state index in [1.54, 1.807) is 54.6 Å². The molecule has 0 unspecified atom stereocenters. The zero-order valence-corrected chi connectivity index (χ0v) is 18.5. The molecule has 36 heavy (non-hydrogen) atoms. The molecule has 0 atom stereocenters. The van der Waals surface area contributed by atoms with Crippen molar-refractivity contribution in [1.29, 1.82) is 0 Å². The Hall–Kier alpha value is -3.66. The Morgan fingerprint density at radius 1 is 0.778 bits per heavy atom. The Morgan fingerprint density at radius 2 is 1.36 bits per heavy atom. The number of ether oxygens (including phenoxy) is 2. The van der Waals surface area contributed by atoms with Gasteiger partial charge in [0.1, 0.15) is 5.75 Å². The van der Waals surface area contributed by atoms with Crippen LogP contribution < -0.4 is 4.74 Å². The molecule has 0 saturated heterocycles. The molecule has 0 aliphatic carbocycles. The van der Waals surface area contributed by atoms with Gasteiger partial charge in [-0.25, -0.2) is 0 Å². The molecule has 4 rings (SSSR count). The van der Waals surface area contributed by atoms with E-state index in [9.17, 15) is 35.5 Å². The maximum absolute atomic E-state index is 14.6. The number of halogens is 7. The number of hydrogen-bond donors (Lipinski definition) is 0. The van der Waals surface area contributed by atoms with Crippen molar-refractivity contribution >= 4 is 27.3 Å². The van der Waals surface area contributed by atoms with E-state index >= 15 is 0 Å². The summed E-state index contributed by atoms with van der Waals surface area (Å²) >= 11 is 0. The summed E-state index contributed by atoms with van der Waals surface area (Å²) in [5.41, 5.74) is -0.685. The van der Waals surface area contributed by atoms with E-state index in [4.69, 9.17) is 9.47 Å². The summed E-state index contributed by atoms with van der Waals surface area (Å²) in [4.78, 5) is 12.8. The van der Waals surface area contributed by atoms with Crippen LogP contribution in [0.15, 0.2) is 72.8 Å². The number of carbonyl (C=O) groups is 1. The van der Waals surface area contributed by atoms with Crippen LogP contribution in [0.2, 0.25) is 0 Å². The molecular weight excluding hydrogens is 493 g/mol. The van der Waals surface area contributed by atoms with Crippen molar-refractivity contribution in [3.63, 3.8) is 0 Å². The number of alkyl halides is 7. The molecule has 0 aliphatic heterocycles. The Balaban J connectivity index is 2.09. The molecule has 0 amide bonds. The van der Waals surface area contributed by atoms with Gasteiger partial charge in [0.25, 0.3) is 0 Å². The predicted molar refractivity (Wildman–Crippen MR) is 120 cm³/mol. The molecule has 0 bridgehead atoms. The highest BCUT2D eigenvalue weighted by atomic mass is 19.4. The van der Waals surface area contributed by atoms with Gasteiger partial charge >= 0.3 is 18.0 Å². The first-order valence-corrected chi connectivity index (χ1v) is 10.4. The third-order valence-electron chi connectivity index (χ3n) is 5.66. The number of fused-ring (bicyclic) bond motifs is 2. The van der Waals surface area contributed by atoms with E-state index in [1.165, 1.54) is 19.2 Å². The topological polar surface area (TPSA) is 35.5 Å². The predicted octanol–water partition coefficient (Wildman–Crippen LogP) is 7.66. The quantitative estimate of drug-likeness (QED) is 0.146. The van der Waals surface area contributed by atoms with E-state index in [-0.39, 0.29) is 10.9 Å². The zero-order valence-electron chi connectivity index (χ0n) is 18.5. The van der Waals surface area contributed by atoms with Gasteiger partial charge in [-0.15, -0.1) is 0 Å². The van der Waals surface area contributed by atoms with E-state index in [2.05, 4.69) is 0 Å². The van der Waals surface area contributed by atoms with Crippen LogP contribution in [0.3, 0.4) is 0 Å². The Kier molecular flexibility index (Phi) is 6.42. The maximum Gasteiger partial charge on any atom is 0.460 e. The molecule has 3 nitrogen and oxygen atoms in total. The van der Waals surface area contributed by atoms with Crippen LogP contribution in [0.1, 0.15) is 10.4 Å². The van der Waals surface area contributed by atoms with Crippen molar-refractivity contribution in [3.05, 3.63) is 78.4 Å². The highest BCUT2D eigenvalue weighted by Gasteiger charge is 2.76. The number of rotatable bonds is 7. The highest BCUT2D eigenvalue weighted by Crippen LogP contribution is 2.50. The maximum atomic E-state index is 14.6. The second kappa shape index (κ2) is 9.09. The normalized spacial score (nSPS) is 12.8. The smallest absolute Gasteiger partial charge is 0.460 e. The molecule has 10 heteroatoms. The van der Waals surface area contributed by atoms with Gasteiger partial charge in [0.2, 0.25) is 5.78 Å². The van der Waals surface area contributed by atoms with Crippen LogP contribution in [0.25, 0.3) is 32.7 Å². The van der Waals surface area contributed by atoms with Crippen LogP contribution in [0, 0.1) is 0 Å². The van der Waals surface area contributed by atoms with E-state index in [1.807, 2.05) is 0 Å². The van der Waals surface area contributed by atoms with Crippen LogP contribution in [0.4, 0.5) is 30.7 Å². The molecule has 0 N–H and O–H groups in total. The fourth-order valence-corrected chi connectivity index (χ4v) is 3.97. The second-order valence-corrected chi connectivity index (χ2v) is 7.90. The Labute approximate surface area is 200 Å². The van der Waals surface area contributed by atoms with Gasteiger partial charge in [-0.2, -0.15) is 30.7 Å². The van der Waals surface area contributed by atoms with Gasteiger partial charge in [-0.05, 0) is 33.2 Å². The summed E-state index contributed by atoms with van der Waals surface area (Å²) in [6.07, 6.45) is -6.67. The third kappa shape index (κ3) is 4.05. The first-order chi connectivity index (χ1) is 16.9. The third-order valence-corrected chi connectivity index (χ3v) is 5.66. The fourth-order valence-electron chi connectivity index (χ4n) is 3.97. The van der Waals surface area contributed by atoms with Gasteiger partial charge in [-0.3, -0.25) is 4.79 Å². The lowest BCUT2D eigenvalue weighted by atomic mass is 9.88. The summed E-state index contributed by atoms with van der Waals surface area (Å²) in [6.45, 7) is -0.600. The lowest BCUT2D eigenvalue weighted by Gasteiger charge is -2.28. The molecule has 0 aliphatic rings. The fraction of sp³-hybridized carbons (Fsp3) is 0.192. The number of benzene rings is 4. The molecule has 0 spiro atoms. The average molecular weight is 510 g/mol. The summed E-state index contributed by atoms with van der Waals surface area (Å²) in [7, 11) is 1.19. The minimum absolute atomic E-state index is 0.0661. The van der Waals surface area contributed by atoms with E-state index < -0.39 is 41.9 Å². The molecule has 4 aromatic rings. The summed E-state index contributed by atoms with van der Waals surface area (Å²) in [5.74, 6) is -16.1. The van der Waals surface area contributed by atoms with Crippen molar-refractivity contribution in [2.75, 3.05) is 13.9 Å². The molecule has 188 valence electrons. The number of hydrogen-bond acceptors (Lipinski definition) is 3. The van der Waals surface area contributed by atoms with Gasteiger partial charge in [0.15, 0.2) is 6.79 Å². The lowest BCUT2D eigenvalue weighted by molar-refractivity contribution is -0.339. The summed E-state index contributed by atoms with van der Waals surface area (Å²) in [5, 5.41) is 1.87. The monoisotopic (exact) mass is 510 g/mol. The molecular formula is C26H17F7O3. The van der Waals surface area contributed by atoms with Crippen molar-refractivity contribution in [3.8, 4) is 16.9 Å². The first-order valence-electron chi connectivity index (χ1n) is 10.4. The minimum atomic E-state index is -6.67. The van der Waals surface area contributed by atoms with Gasteiger partial charge in [0, 0.05) is 12.7 Å².